The highest BCUT2D eigenvalue weighted by molar-refractivity contribution is 7.27. The molecule has 0 radical (unpaired) electrons. The number of oxazole rings is 1. The van der Waals surface area contributed by atoms with Crippen LogP contribution in [0.2, 0.25) is 0 Å². The first-order valence-electron chi connectivity index (χ1n) is 11.4. The Morgan fingerprint density at radius 3 is 2.61 bits per heavy atom. The SMILES string of the molecule is CC(C)(C)C(NCC1CNCC1F)c1nc(-c2cc(F)ccc2P)oc1Cc1ccccc1. The Bertz CT molecular complexity index is 1080. The summed E-state index contributed by atoms with van der Waals surface area (Å²) in [5, 5.41) is 7.52. The van der Waals surface area contributed by atoms with E-state index in [1.165, 1.54) is 12.1 Å². The Kier molecular flexibility index (Phi) is 7.28. The minimum atomic E-state index is -0.859. The number of alkyl halides is 1. The number of hydrogen-bond donors (Lipinski definition) is 2. The fraction of sp³-hybridized carbons (Fsp3) is 0.423. The van der Waals surface area contributed by atoms with Gasteiger partial charge in [-0.25, -0.2) is 13.8 Å². The van der Waals surface area contributed by atoms with Crippen LogP contribution in [0.1, 0.15) is 43.8 Å². The minimum Gasteiger partial charge on any atom is -0.440 e. The van der Waals surface area contributed by atoms with Crippen molar-refractivity contribution >= 4 is 14.5 Å². The van der Waals surface area contributed by atoms with Gasteiger partial charge in [0.1, 0.15) is 23.4 Å². The summed E-state index contributed by atoms with van der Waals surface area (Å²) in [4.78, 5) is 4.89. The second-order valence-corrected chi connectivity index (χ2v) is 10.5. The second-order valence-electron chi connectivity index (χ2n) is 9.86. The van der Waals surface area contributed by atoms with Crippen molar-refractivity contribution in [3.8, 4) is 11.5 Å². The van der Waals surface area contributed by atoms with Gasteiger partial charge in [-0.15, -0.1) is 9.24 Å². The Hall–Kier alpha value is -2.14. The maximum Gasteiger partial charge on any atom is 0.227 e. The lowest BCUT2D eigenvalue weighted by molar-refractivity contribution is 0.224. The van der Waals surface area contributed by atoms with Crippen LogP contribution in [-0.2, 0) is 6.42 Å². The third-order valence-electron chi connectivity index (χ3n) is 6.16. The number of nitrogens with one attached hydrogen (secondary N) is 2. The van der Waals surface area contributed by atoms with Crippen molar-refractivity contribution in [2.75, 3.05) is 19.6 Å². The molecule has 0 aliphatic carbocycles. The number of aromatic nitrogens is 1. The molecule has 3 aromatic rings. The number of halogens is 2. The van der Waals surface area contributed by atoms with Gasteiger partial charge in [0, 0.05) is 37.5 Å². The molecule has 4 atom stereocenters. The van der Waals surface area contributed by atoms with Gasteiger partial charge in [-0.1, -0.05) is 57.2 Å². The van der Waals surface area contributed by atoms with Gasteiger partial charge in [0.05, 0.1) is 6.04 Å². The van der Waals surface area contributed by atoms with Crippen LogP contribution in [0, 0.1) is 17.2 Å². The molecule has 0 spiro atoms. The Labute approximate surface area is 196 Å². The molecule has 4 unspecified atom stereocenters. The molecule has 1 aromatic heterocycles. The summed E-state index contributed by atoms with van der Waals surface area (Å²) < 4.78 is 34.6. The Balaban J connectivity index is 1.73. The summed E-state index contributed by atoms with van der Waals surface area (Å²) >= 11 is 0. The monoisotopic (exact) mass is 471 g/mol. The summed E-state index contributed by atoms with van der Waals surface area (Å²) in [6, 6.07) is 14.5. The van der Waals surface area contributed by atoms with Crippen molar-refractivity contribution in [2.24, 2.45) is 11.3 Å². The van der Waals surface area contributed by atoms with Crippen molar-refractivity contribution < 1.29 is 13.2 Å². The first-order chi connectivity index (χ1) is 15.7. The predicted molar refractivity (Wildman–Crippen MR) is 132 cm³/mol. The fourth-order valence-corrected chi connectivity index (χ4v) is 4.61. The predicted octanol–water partition coefficient (Wildman–Crippen LogP) is 4.81. The molecule has 2 N–H and O–H groups in total. The molecular weight excluding hydrogens is 439 g/mol. The van der Waals surface area contributed by atoms with Crippen molar-refractivity contribution in [2.45, 2.75) is 39.4 Å². The van der Waals surface area contributed by atoms with E-state index in [0.717, 1.165) is 22.3 Å². The number of nitrogens with zero attached hydrogens (tertiary/aromatic N) is 1. The van der Waals surface area contributed by atoms with Gasteiger partial charge in [0.15, 0.2) is 0 Å². The standard InChI is InChI=1S/C26H32F2N3OP/c1-26(2,3)24(30-14-17-13-29-15-20(17)28)23-21(11-16-7-5-4-6-8-16)32-25(31-23)19-12-18(27)9-10-22(19)33/h4-10,12,17,20,24,29-30H,11,13-15,33H2,1-3H3. The molecule has 0 amide bonds. The van der Waals surface area contributed by atoms with E-state index in [1.807, 2.05) is 30.3 Å². The molecule has 1 aliphatic heterocycles. The molecule has 2 heterocycles. The largest absolute Gasteiger partial charge is 0.440 e. The normalized spacial score (nSPS) is 19.7. The van der Waals surface area contributed by atoms with Gasteiger partial charge in [0.2, 0.25) is 5.89 Å². The van der Waals surface area contributed by atoms with E-state index >= 15 is 0 Å². The van der Waals surface area contributed by atoms with Crippen LogP contribution < -0.4 is 15.9 Å². The number of benzene rings is 2. The first kappa shape index (κ1) is 24.0. The molecule has 7 heteroatoms. The average Bonchev–Trinajstić information content (AvgIpc) is 3.36. The molecule has 1 fully saturated rings. The molecular formula is C26H32F2N3OP. The molecule has 176 valence electrons. The lowest BCUT2D eigenvalue weighted by Crippen LogP contribution is -2.38. The van der Waals surface area contributed by atoms with E-state index < -0.39 is 6.17 Å². The topological polar surface area (TPSA) is 50.1 Å². The second kappa shape index (κ2) is 10.0. The molecule has 33 heavy (non-hydrogen) atoms. The highest BCUT2D eigenvalue weighted by Crippen LogP contribution is 2.37. The van der Waals surface area contributed by atoms with Crippen molar-refractivity contribution in [3.63, 3.8) is 0 Å². The molecule has 2 aromatic carbocycles. The summed E-state index contributed by atoms with van der Waals surface area (Å²) in [6.45, 7) is 8.00. The van der Waals surface area contributed by atoms with Crippen LogP contribution in [0.5, 0.6) is 0 Å². The van der Waals surface area contributed by atoms with Crippen LogP contribution in [0.4, 0.5) is 8.78 Å². The molecule has 0 saturated carbocycles. The molecule has 1 aliphatic rings. The zero-order valence-corrected chi connectivity index (χ0v) is 20.5. The van der Waals surface area contributed by atoms with Gasteiger partial charge < -0.3 is 15.1 Å². The fourth-order valence-electron chi connectivity index (χ4n) is 4.31. The number of rotatable bonds is 7. The lowest BCUT2D eigenvalue weighted by Gasteiger charge is -2.32. The van der Waals surface area contributed by atoms with Gasteiger partial charge in [-0.3, -0.25) is 0 Å². The zero-order chi connectivity index (χ0) is 23.6. The van der Waals surface area contributed by atoms with Crippen LogP contribution in [0.15, 0.2) is 52.9 Å². The van der Waals surface area contributed by atoms with Crippen LogP contribution in [0.25, 0.3) is 11.5 Å². The smallest absolute Gasteiger partial charge is 0.227 e. The maximum absolute atomic E-state index is 14.2. The van der Waals surface area contributed by atoms with E-state index in [2.05, 4.69) is 40.6 Å². The maximum atomic E-state index is 14.2. The summed E-state index contributed by atoms with van der Waals surface area (Å²) in [5.41, 5.74) is 2.29. The highest BCUT2D eigenvalue weighted by Gasteiger charge is 2.34. The highest BCUT2D eigenvalue weighted by atomic mass is 31.0. The molecule has 1 saturated heterocycles. The van der Waals surface area contributed by atoms with Crippen molar-refractivity contribution in [3.05, 3.63) is 71.4 Å². The van der Waals surface area contributed by atoms with Crippen molar-refractivity contribution in [1.29, 1.82) is 0 Å². The van der Waals surface area contributed by atoms with Gasteiger partial charge in [-0.05, 0) is 28.4 Å². The molecule has 4 rings (SSSR count). The third-order valence-corrected chi connectivity index (χ3v) is 6.67. The Morgan fingerprint density at radius 1 is 1.18 bits per heavy atom. The van der Waals surface area contributed by atoms with Gasteiger partial charge >= 0.3 is 0 Å². The Morgan fingerprint density at radius 2 is 1.94 bits per heavy atom. The van der Waals surface area contributed by atoms with Crippen LogP contribution in [-0.4, -0.2) is 30.8 Å². The van der Waals surface area contributed by atoms with E-state index in [1.54, 1.807) is 6.07 Å². The van der Waals surface area contributed by atoms with E-state index in [4.69, 9.17) is 9.40 Å². The van der Waals surface area contributed by atoms with Crippen LogP contribution >= 0.6 is 9.24 Å². The zero-order valence-electron chi connectivity index (χ0n) is 19.4. The summed E-state index contributed by atoms with van der Waals surface area (Å²) in [5.74, 6) is 0.704. The van der Waals surface area contributed by atoms with Crippen LogP contribution in [0.3, 0.4) is 0 Å². The quantitative estimate of drug-likeness (QED) is 0.486. The average molecular weight is 472 g/mol. The van der Waals surface area contributed by atoms with Crippen molar-refractivity contribution in [1.82, 2.24) is 15.6 Å². The van der Waals surface area contributed by atoms with E-state index in [0.29, 0.717) is 37.5 Å². The summed E-state index contributed by atoms with van der Waals surface area (Å²) in [6.07, 6.45) is -0.294. The first-order valence-corrected chi connectivity index (χ1v) is 12.0. The lowest BCUT2D eigenvalue weighted by atomic mass is 9.83. The molecule has 4 nitrogen and oxygen atoms in total. The number of hydrogen-bond acceptors (Lipinski definition) is 4. The molecule has 0 bridgehead atoms. The van der Waals surface area contributed by atoms with E-state index in [-0.39, 0.29) is 23.2 Å². The third kappa shape index (κ3) is 5.68. The van der Waals surface area contributed by atoms with Gasteiger partial charge in [0.25, 0.3) is 0 Å². The summed E-state index contributed by atoms with van der Waals surface area (Å²) in [7, 11) is 2.62. The van der Waals surface area contributed by atoms with Gasteiger partial charge in [-0.2, -0.15) is 0 Å². The van der Waals surface area contributed by atoms with E-state index in [9.17, 15) is 8.78 Å². The minimum absolute atomic E-state index is 0.0827.